The number of aromatic nitrogens is 3. The SMILES string of the molecule is Cc1cc(N)nc(-c2c(Cl)c3c4c(nc(OCC5(CN6CCOCC6)CC5)nc4c2F)N(CCN(C)C)C2(CCC2)CCO3)c1C(F)(F)F. The second-order valence-corrected chi connectivity index (χ2v) is 14.7. The fourth-order valence-electron chi connectivity index (χ4n) is 7.50. The van der Waals surface area contributed by atoms with Crippen molar-refractivity contribution in [1.82, 2.24) is 24.8 Å². The summed E-state index contributed by atoms with van der Waals surface area (Å²) in [4.78, 5) is 20.1. The maximum absolute atomic E-state index is 17.1. The van der Waals surface area contributed by atoms with E-state index in [1.54, 1.807) is 0 Å². The van der Waals surface area contributed by atoms with Crippen molar-refractivity contribution < 1.29 is 31.8 Å². The zero-order valence-electron chi connectivity index (χ0n) is 28.1. The molecule has 2 N–H and O–H groups in total. The Morgan fingerprint density at radius 2 is 1.80 bits per heavy atom. The Kier molecular flexibility index (Phi) is 8.98. The summed E-state index contributed by atoms with van der Waals surface area (Å²) in [6, 6.07) is 1.05. The summed E-state index contributed by atoms with van der Waals surface area (Å²) < 4.78 is 78.8. The highest BCUT2D eigenvalue weighted by Crippen LogP contribution is 2.53. The van der Waals surface area contributed by atoms with Gasteiger partial charge >= 0.3 is 12.2 Å². The van der Waals surface area contributed by atoms with Crippen molar-refractivity contribution in [2.75, 3.05) is 83.9 Å². The van der Waals surface area contributed by atoms with Crippen LogP contribution in [0.2, 0.25) is 5.02 Å². The van der Waals surface area contributed by atoms with E-state index in [1.165, 1.54) is 6.92 Å². The lowest BCUT2D eigenvalue weighted by Crippen LogP contribution is -2.57. The molecule has 2 aliphatic heterocycles. The van der Waals surface area contributed by atoms with Gasteiger partial charge in [0.15, 0.2) is 11.6 Å². The molecule has 7 rings (SSSR count). The van der Waals surface area contributed by atoms with Gasteiger partial charge in [-0.1, -0.05) is 11.6 Å². The number of morpholine rings is 1. The maximum Gasteiger partial charge on any atom is 0.418 e. The van der Waals surface area contributed by atoms with Crippen molar-refractivity contribution in [3.63, 3.8) is 0 Å². The van der Waals surface area contributed by atoms with Crippen LogP contribution in [-0.2, 0) is 10.9 Å². The van der Waals surface area contributed by atoms with Crippen LogP contribution in [0.15, 0.2) is 6.07 Å². The fraction of sp³-hybridized carbons (Fsp3) is 0.618. The van der Waals surface area contributed by atoms with Gasteiger partial charge in [0, 0.05) is 50.1 Å². The molecule has 2 aliphatic carbocycles. The van der Waals surface area contributed by atoms with E-state index in [2.05, 4.69) is 24.7 Å². The van der Waals surface area contributed by atoms with Crippen LogP contribution >= 0.6 is 11.6 Å². The highest BCUT2D eigenvalue weighted by molar-refractivity contribution is 6.36. The molecule has 1 spiro atoms. The molecule has 49 heavy (non-hydrogen) atoms. The fourth-order valence-corrected chi connectivity index (χ4v) is 7.82. The van der Waals surface area contributed by atoms with E-state index in [1.807, 2.05) is 14.1 Å². The minimum Gasteiger partial charge on any atom is -0.491 e. The average molecular weight is 708 g/mol. The molecule has 0 unspecified atom stereocenters. The first-order valence-electron chi connectivity index (χ1n) is 16.9. The highest BCUT2D eigenvalue weighted by atomic mass is 35.5. The predicted octanol–water partition coefficient (Wildman–Crippen LogP) is 5.96. The Balaban J connectivity index is 1.41. The zero-order chi connectivity index (χ0) is 34.7. The van der Waals surface area contributed by atoms with Gasteiger partial charge in [-0.2, -0.15) is 23.1 Å². The number of likely N-dealkylation sites (N-methyl/N-ethyl adjacent to an activating group) is 1. The van der Waals surface area contributed by atoms with Crippen molar-refractivity contribution in [1.29, 1.82) is 0 Å². The number of alkyl halides is 3. The summed E-state index contributed by atoms with van der Waals surface area (Å²) >= 11 is 6.90. The molecule has 0 radical (unpaired) electrons. The first kappa shape index (κ1) is 34.3. The van der Waals surface area contributed by atoms with Gasteiger partial charge in [-0.15, -0.1) is 0 Å². The Labute approximate surface area is 287 Å². The molecule has 0 bridgehead atoms. The summed E-state index contributed by atoms with van der Waals surface area (Å²) in [6.45, 7) is 6.92. The number of nitrogens with zero attached hydrogens (tertiary/aromatic N) is 6. The van der Waals surface area contributed by atoms with Gasteiger partial charge in [0.1, 0.15) is 17.2 Å². The summed E-state index contributed by atoms with van der Waals surface area (Å²) in [5, 5.41) is -0.141. The standard InChI is InChI=1S/C34H42ClF4N7O3/c1-20-17-21(40)41-27(24(20)34(37,38)39)22-25(35)29-23-28(26(22)36)42-31(49-19-32(7-8-32)18-45-12-15-47-16-13-45)43-30(23)46(11-10-44(2)3)33(5-4-6-33)9-14-48-29/h17H,4-16,18-19H2,1-3H3,(H2,40,41). The minimum absolute atomic E-state index is 0.0135. The van der Waals surface area contributed by atoms with E-state index in [4.69, 9.17) is 36.5 Å². The van der Waals surface area contributed by atoms with Crippen LogP contribution in [-0.4, -0.2) is 104 Å². The van der Waals surface area contributed by atoms with Gasteiger partial charge in [0.05, 0.1) is 53.7 Å². The Morgan fingerprint density at radius 3 is 2.43 bits per heavy atom. The summed E-state index contributed by atoms with van der Waals surface area (Å²) in [6.07, 6.45) is 0.475. The number of hydrogen-bond donors (Lipinski definition) is 1. The average Bonchev–Trinajstić information content (AvgIpc) is 3.77. The van der Waals surface area contributed by atoms with E-state index in [-0.39, 0.29) is 56.6 Å². The molecule has 0 amide bonds. The molecule has 10 nitrogen and oxygen atoms in total. The second-order valence-electron chi connectivity index (χ2n) is 14.3. The van der Waals surface area contributed by atoms with Crippen LogP contribution in [0.1, 0.15) is 49.7 Å². The lowest BCUT2D eigenvalue weighted by atomic mass is 9.72. The topological polar surface area (TPSA) is 102 Å². The van der Waals surface area contributed by atoms with Gasteiger partial charge in [0.2, 0.25) is 0 Å². The number of pyridine rings is 1. The van der Waals surface area contributed by atoms with Crippen LogP contribution in [0, 0.1) is 18.2 Å². The molecule has 1 saturated heterocycles. The van der Waals surface area contributed by atoms with Crippen molar-refractivity contribution in [2.24, 2.45) is 5.41 Å². The lowest BCUT2D eigenvalue weighted by molar-refractivity contribution is -0.137. The molecule has 266 valence electrons. The number of halogens is 5. The summed E-state index contributed by atoms with van der Waals surface area (Å²) in [5.41, 5.74) is 2.67. The molecule has 2 aromatic heterocycles. The number of ether oxygens (including phenoxy) is 3. The monoisotopic (exact) mass is 707 g/mol. The number of aryl methyl sites for hydroxylation is 1. The smallest absolute Gasteiger partial charge is 0.418 e. The largest absolute Gasteiger partial charge is 0.491 e. The summed E-state index contributed by atoms with van der Waals surface area (Å²) in [5.74, 6) is -0.869. The highest BCUT2D eigenvalue weighted by Gasteiger charge is 2.48. The van der Waals surface area contributed by atoms with Crippen molar-refractivity contribution >= 4 is 34.1 Å². The quantitative estimate of drug-likeness (QED) is 0.268. The molecule has 2 saturated carbocycles. The van der Waals surface area contributed by atoms with Crippen molar-refractivity contribution in [3.8, 4) is 23.0 Å². The maximum atomic E-state index is 17.1. The normalized spacial score (nSPS) is 20.2. The van der Waals surface area contributed by atoms with Crippen LogP contribution in [0.25, 0.3) is 22.2 Å². The van der Waals surface area contributed by atoms with Gasteiger partial charge in [-0.3, -0.25) is 4.90 Å². The van der Waals surface area contributed by atoms with Gasteiger partial charge < -0.3 is 29.7 Å². The Hall–Kier alpha value is -3.20. The molecule has 3 fully saturated rings. The number of rotatable bonds is 9. The van der Waals surface area contributed by atoms with Crippen LogP contribution in [0.4, 0.5) is 29.2 Å². The molecule has 3 aromatic rings. The van der Waals surface area contributed by atoms with Crippen molar-refractivity contribution in [3.05, 3.63) is 28.0 Å². The Bertz CT molecular complexity index is 1740. The lowest BCUT2D eigenvalue weighted by Gasteiger charge is -2.52. The Morgan fingerprint density at radius 1 is 1.06 bits per heavy atom. The zero-order valence-corrected chi connectivity index (χ0v) is 28.8. The third kappa shape index (κ3) is 6.45. The number of anilines is 2. The number of nitrogens with two attached hydrogens (primary N) is 1. The number of nitrogen functional groups attached to an aromatic ring is 1. The van der Waals surface area contributed by atoms with Crippen LogP contribution < -0.4 is 20.1 Å². The third-order valence-electron chi connectivity index (χ3n) is 10.5. The minimum atomic E-state index is -4.87. The molecule has 1 aromatic carbocycles. The molecule has 15 heteroatoms. The van der Waals surface area contributed by atoms with E-state index in [0.717, 1.165) is 57.8 Å². The summed E-state index contributed by atoms with van der Waals surface area (Å²) in [7, 11) is 3.95. The van der Waals surface area contributed by atoms with Crippen LogP contribution in [0.5, 0.6) is 11.8 Å². The molecular weight excluding hydrogens is 666 g/mol. The molecular formula is C34H42ClF4N7O3. The van der Waals surface area contributed by atoms with Gasteiger partial charge in [-0.25, -0.2) is 9.37 Å². The second kappa shape index (κ2) is 12.8. The molecule has 0 atom stereocenters. The van der Waals surface area contributed by atoms with Crippen molar-refractivity contribution in [2.45, 2.75) is 57.2 Å². The molecule has 4 aliphatic rings. The van der Waals surface area contributed by atoms with Crippen LogP contribution in [0.3, 0.4) is 0 Å². The molecule has 4 heterocycles. The number of benzene rings is 1. The third-order valence-corrected chi connectivity index (χ3v) is 10.9. The first-order chi connectivity index (χ1) is 23.3. The van der Waals surface area contributed by atoms with E-state index in [9.17, 15) is 13.2 Å². The van der Waals surface area contributed by atoms with E-state index < -0.39 is 28.8 Å². The van der Waals surface area contributed by atoms with Gasteiger partial charge in [0.25, 0.3) is 0 Å². The predicted molar refractivity (Wildman–Crippen MR) is 179 cm³/mol. The van der Waals surface area contributed by atoms with E-state index >= 15 is 4.39 Å². The van der Waals surface area contributed by atoms with E-state index in [0.29, 0.717) is 45.1 Å². The number of hydrogen-bond acceptors (Lipinski definition) is 10. The first-order valence-corrected chi connectivity index (χ1v) is 17.2. The van der Waals surface area contributed by atoms with Gasteiger partial charge in [-0.05, 0) is 64.8 Å².